The number of nitrogens with one attached hydrogen (secondary N) is 1. The molecule has 1 aliphatic rings. The molecule has 0 saturated carbocycles. The van der Waals surface area contributed by atoms with E-state index in [0.717, 1.165) is 31.5 Å². The number of allylic oxidation sites excluding steroid dienone is 3. The molecule has 1 aromatic carbocycles. The van der Waals surface area contributed by atoms with Crippen LogP contribution in [0.2, 0.25) is 0 Å². The molecule has 1 aliphatic heterocycles. The third-order valence-corrected chi connectivity index (χ3v) is 4.18. The van der Waals surface area contributed by atoms with Gasteiger partial charge in [0.15, 0.2) is 0 Å². The summed E-state index contributed by atoms with van der Waals surface area (Å²) < 4.78 is 13.2. The second-order valence-electron chi connectivity index (χ2n) is 5.71. The van der Waals surface area contributed by atoms with E-state index in [1.807, 2.05) is 0 Å². The highest BCUT2D eigenvalue weighted by molar-refractivity contribution is 6.14. The zero-order valence-corrected chi connectivity index (χ0v) is 13.6. The Kier molecular flexibility index (Phi) is 6.14. The van der Waals surface area contributed by atoms with E-state index in [4.69, 9.17) is 17.3 Å². The van der Waals surface area contributed by atoms with Crippen LogP contribution in [0.25, 0.3) is 5.57 Å². The first kappa shape index (κ1) is 17.7. The Labute approximate surface area is 141 Å². The van der Waals surface area contributed by atoms with Gasteiger partial charge in [0.25, 0.3) is 0 Å². The van der Waals surface area contributed by atoms with Gasteiger partial charge in [-0.2, -0.15) is 5.10 Å². The molecule has 0 aliphatic carbocycles. The van der Waals surface area contributed by atoms with Crippen LogP contribution in [-0.4, -0.2) is 18.8 Å². The summed E-state index contributed by atoms with van der Waals surface area (Å²) in [6.07, 6.45) is 4.78. The van der Waals surface area contributed by atoms with Crippen molar-refractivity contribution in [3.63, 3.8) is 0 Å². The largest absolute Gasteiger partial charge is 0.405 e. The number of hydrazone groups is 1. The minimum Gasteiger partial charge on any atom is -0.405 e. The molecule has 2 rings (SSSR count). The summed E-state index contributed by atoms with van der Waals surface area (Å²) in [6.45, 7) is 5.93. The quantitative estimate of drug-likeness (QED) is 0.286. The standard InChI is InChI=1S/C18H24FN5/c1-12(13-2-4-15(19)5-3-13)17(16(21)6-9-20)18(24-22)14-7-10-23-11-8-14/h2-6,9,14,23H,1,7-8,10-11,20-22H2. The van der Waals surface area contributed by atoms with Crippen molar-refractivity contribution in [2.45, 2.75) is 12.8 Å². The van der Waals surface area contributed by atoms with E-state index in [0.29, 0.717) is 22.6 Å². The van der Waals surface area contributed by atoms with Crippen LogP contribution in [0, 0.1) is 11.7 Å². The molecular formula is C18H24FN5. The van der Waals surface area contributed by atoms with Gasteiger partial charge in [-0.3, -0.25) is 0 Å². The summed E-state index contributed by atoms with van der Waals surface area (Å²) in [5.41, 5.74) is 14.9. The highest BCUT2D eigenvalue weighted by atomic mass is 19.1. The monoisotopic (exact) mass is 329 g/mol. The first-order valence-electron chi connectivity index (χ1n) is 7.90. The average molecular weight is 329 g/mol. The number of piperidine rings is 1. The lowest BCUT2D eigenvalue weighted by atomic mass is 9.83. The Morgan fingerprint density at radius 3 is 2.42 bits per heavy atom. The highest BCUT2D eigenvalue weighted by Gasteiger charge is 2.25. The van der Waals surface area contributed by atoms with E-state index in [9.17, 15) is 4.39 Å². The van der Waals surface area contributed by atoms with Gasteiger partial charge < -0.3 is 22.6 Å². The van der Waals surface area contributed by atoms with Crippen LogP contribution < -0.4 is 22.6 Å². The van der Waals surface area contributed by atoms with E-state index in [-0.39, 0.29) is 11.7 Å². The van der Waals surface area contributed by atoms with Gasteiger partial charge in [-0.25, -0.2) is 4.39 Å². The van der Waals surface area contributed by atoms with Crippen molar-refractivity contribution in [1.29, 1.82) is 0 Å². The van der Waals surface area contributed by atoms with Crippen molar-refractivity contribution in [3.8, 4) is 0 Å². The van der Waals surface area contributed by atoms with E-state index in [1.165, 1.54) is 18.3 Å². The van der Waals surface area contributed by atoms with Crippen molar-refractivity contribution in [2.24, 2.45) is 28.3 Å². The van der Waals surface area contributed by atoms with E-state index >= 15 is 0 Å². The van der Waals surface area contributed by atoms with Gasteiger partial charge in [0, 0.05) is 17.2 Å². The van der Waals surface area contributed by atoms with Crippen molar-refractivity contribution in [2.75, 3.05) is 13.1 Å². The molecule has 1 fully saturated rings. The second kappa shape index (κ2) is 8.31. The molecule has 5 nitrogen and oxygen atoms in total. The molecular weight excluding hydrogens is 305 g/mol. The molecule has 128 valence electrons. The number of halogens is 1. The summed E-state index contributed by atoms with van der Waals surface area (Å²) in [6, 6.07) is 6.09. The number of nitrogens with zero attached hydrogens (tertiary/aromatic N) is 1. The van der Waals surface area contributed by atoms with E-state index in [2.05, 4.69) is 17.0 Å². The minimum absolute atomic E-state index is 0.188. The zero-order valence-electron chi connectivity index (χ0n) is 13.6. The number of nitrogens with two attached hydrogens (primary N) is 3. The third-order valence-electron chi connectivity index (χ3n) is 4.18. The Morgan fingerprint density at radius 1 is 1.25 bits per heavy atom. The van der Waals surface area contributed by atoms with Gasteiger partial charge in [-0.15, -0.1) is 0 Å². The molecule has 0 aromatic heterocycles. The van der Waals surface area contributed by atoms with Crippen LogP contribution in [-0.2, 0) is 0 Å². The number of hydrogen-bond acceptors (Lipinski definition) is 5. The average Bonchev–Trinajstić information content (AvgIpc) is 2.60. The molecule has 1 heterocycles. The SMILES string of the molecule is C=C(C(C(=NN)C1CCNCC1)=C(N)C=CN)c1ccc(F)cc1. The maximum Gasteiger partial charge on any atom is 0.123 e. The van der Waals surface area contributed by atoms with Gasteiger partial charge in [-0.05, 0) is 61.5 Å². The summed E-state index contributed by atoms with van der Waals surface area (Å²) in [5.74, 6) is 5.58. The van der Waals surface area contributed by atoms with Crippen LogP contribution in [0.4, 0.5) is 4.39 Å². The van der Waals surface area contributed by atoms with Crippen molar-refractivity contribution in [3.05, 3.63) is 65.8 Å². The highest BCUT2D eigenvalue weighted by Crippen LogP contribution is 2.29. The Balaban J connectivity index is 2.46. The Hall–Kier alpha value is -2.60. The van der Waals surface area contributed by atoms with Crippen LogP contribution in [0.1, 0.15) is 18.4 Å². The first-order chi connectivity index (χ1) is 11.6. The van der Waals surface area contributed by atoms with Gasteiger partial charge in [-0.1, -0.05) is 18.7 Å². The van der Waals surface area contributed by atoms with Crippen LogP contribution in [0.15, 0.2) is 59.5 Å². The van der Waals surface area contributed by atoms with Crippen LogP contribution in [0.5, 0.6) is 0 Å². The van der Waals surface area contributed by atoms with E-state index < -0.39 is 0 Å². The molecule has 0 amide bonds. The maximum absolute atomic E-state index is 13.2. The zero-order chi connectivity index (χ0) is 17.5. The number of hydrogen-bond donors (Lipinski definition) is 4. The lowest BCUT2D eigenvalue weighted by Crippen LogP contribution is -2.34. The van der Waals surface area contributed by atoms with E-state index in [1.54, 1.807) is 18.2 Å². The third kappa shape index (κ3) is 4.02. The summed E-state index contributed by atoms with van der Waals surface area (Å²) in [4.78, 5) is 0. The number of rotatable bonds is 5. The smallest absolute Gasteiger partial charge is 0.123 e. The molecule has 6 heteroatoms. The van der Waals surface area contributed by atoms with Crippen molar-refractivity contribution in [1.82, 2.24) is 5.32 Å². The maximum atomic E-state index is 13.2. The molecule has 0 bridgehead atoms. The fraction of sp³-hybridized carbons (Fsp3) is 0.278. The molecule has 24 heavy (non-hydrogen) atoms. The molecule has 1 saturated heterocycles. The normalized spacial score (nSPS) is 17.8. The van der Waals surface area contributed by atoms with Crippen LogP contribution in [0.3, 0.4) is 0 Å². The molecule has 0 atom stereocenters. The molecule has 0 spiro atoms. The van der Waals surface area contributed by atoms with Gasteiger partial charge in [0.1, 0.15) is 5.82 Å². The second-order valence-corrected chi connectivity index (χ2v) is 5.71. The van der Waals surface area contributed by atoms with Gasteiger partial charge >= 0.3 is 0 Å². The lowest BCUT2D eigenvalue weighted by molar-refractivity contribution is 0.456. The Bertz CT molecular complexity index is 667. The molecule has 0 unspecified atom stereocenters. The lowest BCUT2D eigenvalue weighted by Gasteiger charge is -2.26. The summed E-state index contributed by atoms with van der Waals surface area (Å²) in [7, 11) is 0. The predicted molar refractivity (Wildman–Crippen MR) is 97.2 cm³/mol. The summed E-state index contributed by atoms with van der Waals surface area (Å²) in [5, 5.41) is 7.33. The fourth-order valence-electron chi connectivity index (χ4n) is 2.93. The molecule has 7 N–H and O–H groups in total. The molecule has 0 radical (unpaired) electrons. The van der Waals surface area contributed by atoms with Crippen LogP contribution >= 0.6 is 0 Å². The number of benzene rings is 1. The van der Waals surface area contributed by atoms with Gasteiger partial charge in [0.2, 0.25) is 0 Å². The minimum atomic E-state index is -0.307. The first-order valence-corrected chi connectivity index (χ1v) is 7.90. The summed E-state index contributed by atoms with van der Waals surface area (Å²) >= 11 is 0. The van der Waals surface area contributed by atoms with Crippen molar-refractivity contribution < 1.29 is 4.39 Å². The fourth-order valence-corrected chi connectivity index (χ4v) is 2.93. The molecule has 1 aromatic rings. The predicted octanol–water partition coefficient (Wildman–Crippen LogP) is 1.84. The van der Waals surface area contributed by atoms with Crippen molar-refractivity contribution >= 4 is 11.3 Å². The van der Waals surface area contributed by atoms with Gasteiger partial charge in [0.05, 0.1) is 5.71 Å². The topological polar surface area (TPSA) is 102 Å². The Morgan fingerprint density at radius 2 is 1.88 bits per heavy atom.